The van der Waals surface area contributed by atoms with E-state index in [4.69, 9.17) is 0 Å². The van der Waals surface area contributed by atoms with Crippen LogP contribution in [-0.4, -0.2) is 29.7 Å². The van der Waals surface area contributed by atoms with Crippen molar-refractivity contribution in [2.24, 2.45) is 0 Å². The number of anilines is 2. The third-order valence-electron chi connectivity index (χ3n) is 3.46. The van der Waals surface area contributed by atoms with Crippen LogP contribution < -0.4 is 10.2 Å². The Labute approximate surface area is 145 Å². The van der Waals surface area contributed by atoms with E-state index < -0.39 is 0 Å². The fourth-order valence-electron chi connectivity index (χ4n) is 2.11. The van der Waals surface area contributed by atoms with Crippen molar-refractivity contribution in [1.82, 2.24) is 10.2 Å². The molecule has 1 aromatic heterocycles. The highest BCUT2D eigenvalue weighted by molar-refractivity contribution is 9.10. The molecule has 0 aliphatic heterocycles. The fourth-order valence-corrected chi connectivity index (χ4v) is 2.53. The maximum Gasteiger partial charge on any atom is 0.230 e. The summed E-state index contributed by atoms with van der Waals surface area (Å²) in [6, 6.07) is 11.3. The van der Waals surface area contributed by atoms with Crippen LogP contribution >= 0.6 is 15.9 Å². The van der Waals surface area contributed by atoms with E-state index in [9.17, 15) is 4.79 Å². The van der Waals surface area contributed by atoms with Gasteiger partial charge in [0.2, 0.25) is 5.91 Å². The van der Waals surface area contributed by atoms with Gasteiger partial charge in [0, 0.05) is 18.1 Å². The number of benzene rings is 1. The molecule has 0 aliphatic rings. The van der Waals surface area contributed by atoms with Crippen molar-refractivity contribution in [2.75, 3.05) is 23.8 Å². The number of hydrogen-bond donors (Lipinski definition) is 1. The molecule has 0 saturated carbocycles. The van der Waals surface area contributed by atoms with E-state index in [1.165, 1.54) is 0 Å². The van der Waals surface area contributed by atoms with Crippen molar-refractivity contribution in [2.45, 2.75) is 26.2 Å². The average molecular weight is 377 g/mol. The van der Waals surface area contributed by atoms with Gasteiger partial charge in [-0.15, -0.1) is 10.2 Å². The molecule has 1 N–H and O–H groups in total. The highest BCUT2D eigenvalue weighted by atomic mass is 79.9. The molecule has 5 nitrogen and oxygen atoms in total. The Balaban J connectivity index is 1.93. The maximum absolute atomic E-state index is 12.1. The van der Waals surface area contributed by atoms with Gasteiger partial charge >= 0.3 is 0 Å². The fraction of sp³-hybridized carbons (Fsp3) is 0.353. The molecule has 0 bridgehead atoms. The Morgan fingerprint density at radius 2 is 2.00 bits per heavy atom. The number of nitrogens with one attached hydrogen (secondary N) is 1. The standard InChI is InChI=1S/C17H21BrN4O/c1-3-4-11-22(2)16-10-9-15(20-21-16)19-17(23)12-13-7-5-6-8-14(13)18/h5-10H,3-4,11-12H2,1-2H3,(H,19,20,23). The third kappa shape index (κ3) is 5.32. The first kappa shape index (κ1) is 17.4. The summed E-state index contributed by atoms with van der Waals surface area (Å²) in [6.45, 7) is 3.10. The first-order chi connectivity index (χ1) is 11.1. The molecular weight excluding hydrogens is 356 g/mol. The Bertz CT molecular complexity index is 645. The predicted molar refractivity (Wildman–Crippen MR) is 96.7 cm³/mol. The zero-order chi connectivity index (χ0) is 16.7. The van der Waals surface area contributed by atoms with Crippen molar-refractivity contribution in [3.63, 3.8) is 0 Å². The van der Waals surface area contributed by atoms with Crippen molar-refractivity contribution >= 4 is 33.5 Å². The smallest absolute Gasteiger partial charge is 0.230 e. The Morgan fingerprint density at radius 1 is 1.22 bits per heavy atom. The molecule has 2 aromatic rings. The molecule has 0 spiro atoms. The van der Waals surface area contributed by atoms with Crippen LogP contribution in [-0.2, 0) is 11.2 Å². The highest BCUT2D eigenvalue weighted by Gasteiger charge is 2.09. The zero-order valence-electron chi connectivity index (χ0n) is 13.4. The minimum atomic E-state index is -0.113. The van der Waals surface area contributed by atoms with Crippen LogP contribution in [0.4, 0.5) is 11.6 Å². The summed E-state index contributed by atoms with van der Waals surface area (Å²) in [6.07, 6.45) is 2.55. The summed E-state index contributed by atoms with van der Waals surface area (Å²) in [5, 5.41) is 11.0. The minimum Gasteiger partial charge on any atom is -0.358 e. The Kier molecular flexibility index (Phi) is 6.52. The molecule has 0 aliphatic carbocycles. The normalized spacial score (nSPS) is 10.4. The van der Waals surface area contributed by atoms with E-state index in [1.807, 2.05) is 37.4 Å². The number of carbonyl (C=O) groups is 1. The number of nitrogens with zero attached hydrogens (tertiary/aromatic N) is 3. The summed E-state index contributed by atoms with van der Waals surface area (Å²) >= 11 is 3.44. The van der Waals surface area contributed by atoms with E-state index in [1.54, 1.807) is 6.07 Å². The van der Waals surface area contributed by atoms with Crippen LogP contribution in [0.2, 0.25) is 0 Å². The minimum absolute atomic E-state index is 0.113. The number of rotatable bonds is 7. The van der Waals surface area contributed by atoms with Gasteiger partial charge in [0.05, 0.1) is 6.42 Å². The number of halogens is 1. The summed E-state index contributed by atoms with van der Waals surface area (Å²) in [5.74, 6) is 1.16. The van der Waals surface area contributed by atoms with Crippen LogP contribution in [0, 0.1) is 0 Å². The van der Waals surface area contributed by atoms with E-state index in [2.05, 4.69) is 43.3 Å². The highest BCUT2D eigenvalue weighted by Crippen LogP contribution is 2.17. The Hall–Kier alpha value is -1.95. The molecule has 2 rings (SSSR count). The van der Waals surface area contributed by atoms with E-state index in [0.717, 1.165) is 35.2 Å². The largest absolute Gasteiger partial charge is 0.358 e. The predicted octanol–water partition coefficient (Wildman–Crippen LogP) is 3.66. The number of unbranched alkanes of at least 4 members (excludes halogenated alkanes) is 1. The van der Waals surface area contributed by atoms with Crippen molar-refractivity contribution in [3.8, 4) is 0 Å². The quantitative estimate of drug-likeness (QED) is 0.800. The van der Waals surface area contributed by atoms with Gasteiger partial charge in [0.25, 0.3) is 0 Å². The number of aromatic nitrogens is 2. The summed E-state index contributed by atoms with van der Waals surface area (Å²) in [4.78, 5) is 14.1. The van der Waals surface area contributed by atoms with Gasteiger partial charge in [-0.1, -0.05) is 47.5 Å². The second-order valence-corrected chi connectivity index (χ2v) is 6.22. The molecule has 0 atom stereocenters. The lowest BCUT2D eigenvalue weighted by Crippen LogP contribution is -2.21. The van der Waals surface area contributed by atoms with Crippen LogP contribution in [0.5, 0.6) is 0 Å². The SMILES string of the molecule is CCCCN(C)c1ccc(NC(=O)Cc2ccccc2Br)nn1. The summed E-state index contributed by atoms with van der Waals surface area (Å²) in [7, 11) is 1.99. The molecule has 0 unspecified atom stereocenters. The molecule has 6 heteroatoms. The molecule has 1 amide bonds. The summed E-state index contributed by atoms with van der Waals surface area (Å²) in [5.41, 5.74) is 0.939. The lowest BCUT2D eigenvalue weighted by molar-refractivity contribution is -0.115. The van der Waals surface area contributed by atoms with Gasteiger partial charge in [-0.05, 0) is 30.2 Å². The molecule has 0 saturated heterocycles. The van der Waals surface area contributed by atoms with Gasteiger partial charge in [-0.25, -0.2) is 0 Å². The van der Waals surface area contributed by atoms with Gasteiger partial charge in [0.15, 0.2) is 11.6 Å². The molecule has 1 aromatic carbocycles. The zero-order valence-corrected chi connectivity index (χ0v) is 15.0. The third-order valence-corrected chi connectivity index (χ3v) is 4.24. The van der Waals surface area contributed by atoms with Crippen LogP contribution in [0.1, 0.15) is 25.3 Å². The van der Waals surface area contributed by atoms with Crippen LogP contribution in [0.3, 0.4) is 0 Å². The van der Waals surface area contributed by atoms with Crippen molar-refractivity contribution in [1.29, 1.82) is 0 Å². The van der Waals surface area contributed by atoms with Crippen LogP contribution in [0.15, 0.2) is 40.9 Å². The Morgan fingerprint density at radius 3 is 2.65 bits per heavy atom. The van der Waals surface area contributed by atoms with Gasteiger partial charge in [-0.3, -0.25) is 4.79 Å². The number of carbonyl (C=O) groups excluding carboxylic acids is 1. The topological polar surface area (TPSA) is 58.1 Å². The number of amides is 1. The second-order valence-electron chi connectivity index (χ2n) is 5.37. The number of hydrogen-bond acceptors (Lipinski definition) is 4. The first-order valence-corrected chi connectivity index (χ1v) is 8.47. The second kappa shape index (κ2) is 8.62. The van der Waals surface area contributed by atoms with Gasteiger partial charge < -0.3 is 10.2 Å². The lowest BCUT2D eigenvalue weighted by Gasteiger charge is -2.17. The van der Waals surface area contributed by atoms with Crippen molar-refractivity contribution < 1.29 is 4.79 Å². The molecule has 0 fully saturated rings. The summed E-state index contributed by atoms with van der Waals surface area (Å²) < 4.78 is 0.925. The average Bonchev–Trinajstić information content (AvgIpc) is 2.55. The molecular formula is C17H21BrN4O. The van der Waals surface area contributed by atoms with Gasteiger partial charge in [-0.2, -0.15) is 0 Å². The molecule has 1 heterocycles. The van der Waals surface area contributed by atoms with E-state index in [0.29, 0.717) is 12.2 Å². The molecule has 122 valence electrons. The van der Waals surface area contributed by atoms with E-state index in [-0.39, 0.29) is 5.91 Å². The molecule has 0 radical (unpaired) electrons. The van der Waals surface area contributed by atoms with Crippen molar-refractivity contribution in [3.05, 3.63) is 46.4 Å². The molecule has 23 heavy (non-hydrogen) atoms. The van der Waals surface area contributed by atoms with Crippen LogP contribution in [0.25, 0.3) is 0 Å². The maximum atomic E-state index is 12.1. The lowest BCUT2D eigenvalue weighted by atomic mass is 10.1. The monoisotopic (exact) mass is 376 g/mol. The van der Waals surface area contributed by atoms with Gasteiger partial charge in [0.1, 0.15) is 0 Å². The first-order valence-electron chi connectivity index (χ1n) is 7.68. The van der Waals surface area contributed by atoms with E-state index >= 15 is 0 Å².